The molecule has 0 bridgehead atoms. The molecule has 7 heteroatoms. The van der Waals surface area contributed by atoms with Gasteiger partial charge in [0.25, 0.3) is 0 Å². The van der Waals surface area contributed by atoms with Crippen molar-refractivity contribution in [3.8, 4) is 0 Å². The Morgan fingerprint density at radius 1 is 1.83 bits per heavy atom. The molecule has 0 spiro atoms. The van der Waals surface area contributed by atoms with Crippen molar-refractivity contribution >= 4 is 21.5 Å². The number of nitrogens with zero attached hydrogens (tertiary/aromatic N) is 2. The summed E-state index contributed by atoms with van der Waals surface area (Å²) in [4.78, 5) is 13.5. The Balaban J connectivity index is 2.58. The van der Waals surface area contributed by atoms with Crippen molar-refractivity contribution in [2.75, 3.05) is 18.4 Å². The van der Waals surface area contributed by atoms with E-state index < -0.39 is 4.92 Å². The van der Waals surface area contributed by atoms with Crippen LogP contribution in [0.5, 0.6) is 0 Å². The van der Waals surface area contributed by atoms with Crippen LogP contribution in [-0.2, 0) is 0 Å². The number of thiazole rings is 1. The summed E-state index contributed by atoms with van der Waals surface area (Å²) in [6, 6.07) is 0. The van der Waals surface area contributed by atoms with Gasteiger partial charge >= 0.3 is 5.00 Å². The summed E-state index contributed by atoms with van der Waals surface area (Å²) in [6.07, 6.45) is 1.23. The van der Waals surface area contributed by atoms with E-state index in [1.165, 1.54) is 6.20 Å². The fraction of sp³-hybridized carbons (Fsp3) is 0.400. The molecule has 0 amide bonds. The molecule has 12 heavy (non-hydrogen) atoms. The van der Waals surface area contributed by atoms with Crippen LogP contribution in [-0.4, -0.2) is 23.0 Å². The van der Waals surface area contributed by atoms with E-state index in [1.54, 1.807) is 0 Å². The van der Waals surface area contributed by atoms with Gasteiger partial charge in [0.15, 0.2) is 5.13 Å². The van der Waals surface area contributed by atoms with Crippen molar-refractivity contribution in [1.82, 2.24) is 4.98 Å². The fourth-order valence-electron chi connectivity index (χ4n) is 0.611. The van der Waals surface area contributed by atoms with Crippen molar-refractivity contribution < 1.29 is 4.92 Å². The molecule has 0 aliphatic heterocycles. The lowest BCUT2D eigenvalue weighted by Gasteiger charge is -1.95. The number of nitro groups is 1. The van der Waals surface area contributed by atoms with Crippen LogP contribution in [0.1, 0.15) is 0 Å². The minimum absolute atomic E-state index is 0.0366. The molecule has 0 unspecified atom stereocenters. The number of hydrogen-bond donors (Lipinski definition) is 2. The molecule has 0 atom stereocenters. The van der Waals surface area contributed by atoms with E-state index in [1.807, 2.05) is 0 Å². The summed E-state index contributed by atoms with van der Waals surface area (Å²) in [6.45, 7) is 1.05. The van der Waals surface area contributed by atoms with Gasteiger partial charge in [-0.15, -0.1) is 0 Å². The second-order valence-corrected chi connectivity index (χ2v) is 2.99. The predicted molar refractivity (Wildman–Crippen MR) is 46.3 cm³/mol. The first-order valence-electron chi connectivity index (χ1n) is 3.28. The molecule has 1 heterocycles. The fourth-order valence-corrected chi connectivity index (χ4v) is 1.27. The number of hydrogen-bond acceptors (Lipinski definition) is 6. The van der Waals surface area contributed by atoms with Crippen LogP contribution >= 0.6 is 11.3 Å². The quantitative estimate of drug-likeness (QED) is 0.527. The van der Waals surface area contributed by atoms with Crippen molar-refractivity contribution in [3.63, 3.8) is 0 Å². The second kappa shape index (κ2) is 3.98. The molecular weight excluding hydrogens is 180 g/mol. The Bertz CT molecular complexity index is 274. The maximum atomic E-state index is 10.2. The summed E-state index contributed by atoms with van der Waals surface area (Å²) >= 11 is 1.00. The van der Waals surface area contributed by atoms with Crippen LogP contribution in [0, 0.1) is 10.1 Å². The van der Waals surface area contributed by atoms with Crippen LogP contribution in [0.15, 0.2) is 6.20 Å². The van der Waals surface area contributed by atoms with E-state index >= 15 is 0 Å². The summed E-state index contributed by atoms with van der Waals surface area (Å²) in [5.41, 5.74) is 5.22. The van der Waals surface area contributed by atoms with E-state index in [4.69, 9.17) is 5.73 Å². The lowest BCUT2D eigenvalue weighted by atomic mass is 10.7. The molecule has 6 nitrogen and oxygen atoms in total. The zero-order valence-corrected chi connectivity index (χ0v) is 7.00. The third-order valence-corrected chi connectivity index (χ3v) is 2.00. The van der Waals surface area contributed by atoms with E-state index in [0.29, 0.717) is 18.2 Å². The summed E-state index contributed by atoms with van der Waals surface area (Å²) in [5, 5.41) is 13.6. The van der Waals surface area contributed by atoms with Gasteiger partial charge in [0.2, 0.25) is 0 Å². The van der Waals surface area contributed by atoms with Gasteiger partial charge in [0, 0.05) is 13.1 Å². The predicted octanol–water partition coefficient (Wildman–Crippen LogP) is 0.422. The lowest BCUT2D eigenvalue weighted by Crippen LogP contribution is -2.12. The van der Waals surface area contributed by atoms with E-state index in [-0.39, 0.29) is 5.00 Å². The first kappa shape index (κ1) is 8.88. The summed E-state index contributed by atoms with van der Waals surface area (Å²) < 4.78 is 0. The number of aromatic nitrogens is 1. The van der Waals surface area contributed by atoms with Gasteiger partial charge in [-0.2, -0.15) is 0 Å². The highest BCUT2D eigenvalue weighted by Crippen LogP contribution is 2.24. The van der Waals surface area contributed by atoms with E-state index in [9.17, 15) is 10.1 Å². The zero-order valence-electron chi connectivity index (χ0n) is 6.19. The molecule has 1 aromatic rings. The molecule has 0 saturated heterocycles. The molecule has 1 aromatic heterocycles. The van der Waals surface area contributed by atoms with Crippen LogP contribution in [0.4, 0.5) is 10.1 Å². The normalized spacial score (nSPS) is 9.75. The highest BCUT2D eigenvalue weighted by Gasteiger charge is 2.10. The average molecular weight is 188 g/mol. The molecule has 0 aromatic carbocycles. The monoisotopic (exact) mass is 188 g/mol. The molecule has 0 aliphatic carbocycles. The Kier molecular flexibility index (Phi) is 2.94. The molecular formula is C5H8N4O2S. The maximum absolute atomic E-state index is 10.2. The number of rotatable bonds is 4. The Morgan fingerprint density at radius 2 is 2.58 bits per heavy atom. The Morgan fingerprint density at radius 3 is 3.08 bits per heavy atom. The zero-order chi connectivity index (χ0) is 8.97. The minimum Gasteiger partial charge on any atom is -0.360 e. The van der Waals surface area contributed by atoms with Crippen molar-refractivity contribution in [3.05, 3.63) is 16.3 Å². The second-order valence-electron chi connectivity index (χ2n) is 1.98. The maximum Gasteiger partial charge on any atom is 0.345 e. The van der Waals surface area contributed by atoms with Crippen LogP contribution in [0.3, 0.4) is 0 Å². The van der Waals surface area contributed by atoms with Gasteiger partial charge in [-0.05, 0) is 11.3 Å². The van der Waals surface area contributed by atoms with Crippen LogP contribution < -0.4 is 11.1 Å². The molecule has 0 aliphatic rings. The highest BCUT2D eigenvalue weighted by atomic mass is 32.1. The Labute approximate surface area is 72.6 Å². The standard InChI is InChI=1S/C5H8N4O2S/c6-1-2-7-5-8-3-4(12-5)9(10)11/h3H,1-2,6H2,(H,7,8). The molecule has 3 N–H and O–H groups in total. The van der Waals surface area contributed by atoms with Gasteiger partial charge < -0.3 is 11.1 Å². The molecule has 1 rings (SSSR count). The summed E-state index contributed by atoms with van der Waals surface area (Å²) in [5.74, 6) is 0. The number of nitrogens with two attached hydrogens (primary N) is 1. The average Bonchev–Trinajstić information content (AvgIpc) is 2.48. The third-order valence-electron chi connectivity index (χ3n) is 1.09. The van der Waals surface area contributed by atoms with Crippen LogP contribution in [0.25, 0.3) is 0 Å². The Hall–Kier alpha value is -1.21. The molecule has 0 radical (unpaired) electrons. The topological polar surface area (TPSA) is 94.1 Å². The smallest absolute Gasteiger partial charge is 0.345 e. The highest BCUT2D eigenvalue weighted by molar-refractivity contribution is 7.18. The summed E-state index contributed by atoms with van der Waals surface area (Å²) in [7, 11) is 0. The molecule has 66 valence electrons. The SMILES string of the molecule is NCCNc1ncc([N+](=O)[O-])s1. The minimum atomic E-state index is -0.467. The van der Waals surface area contributed by atoms with Gasteiger partial charge in [-0.3, -0.25) is 10.1 Å². The van der Waals surface area contributed by atoms with Gasteiger partial charge in [0.05, 0.1) is 4.92 Å². The lowest BCUT2D eigenvalue weighted by molar-refractivity contribution is -0.380. The third kappa shape index (κ3) is 2.14. The number of nitrogens with one attached hydrogen (secondary N) is 1. The van der Waals surface area contributed by atoms with E-state index in [0.717, 1.165) is 11.3 Å². The van der Waals surface area contributed by atoms with Gasteiger partial charge in [-0.25, -0.2) is 4.98 Å². The van der Waals surface area contributed by atoms with Gasteiger partial charge in [-0.1, -0.05) is 0 Å². The van der Waals surface area contributed by atoms with Crippen molar-refractivity contribution in [1.29, 1.82) is 0 Å². The van der Waals surface area contributed by atoms with Crippen LogP contribution in [0.2, 0.25) is 0 Å². The first-order valence-corrected chi connectivity index (χ1v) is 4.10. The first-order chi connectivity index (χ1) is 5.74. The van der Waals surface area contributed by atoms with E-state index in [2.05, 4.69) is 10.3 Å². The molecule has 0 saturated carbocycles. The van der Waals surface area contributed by atoms with Crippen molar-refractivity contribution in [2.45, 2.75) is 0 Å². The number of anilines is 1. The van der Waals surface area contributed by atoms with Gasteiger partial charge in [0.1, 0.15) is 6.20 Å². The van der Waals surface area contributed by atoms with Crippen molar-refractivity contribution in [2.24, 2.45) is 5.73 Å². The molecule has 0 fully saturated rings. The largest absolute Gasteiger partial charge is 0.360 e.